The third-order valence-electron chi connectivity index (χ3n) is 6.00. The molecule has 0 unspecified atom stereocenters. The average Bonchev–Trinajstić information content (AvgIpc) is 3.26. The summed E-state index contributed by atoms with van der Waals surface area (Å²) in [5, 5.41) is 6.57. The molecule has 0 bridgehead atoms. The van der Waals surface area contributed by atoms with Gasteiger partial charge in [0.25, 0.3) is 10.0 Å². The van der Waals surface area contributed by atoms with Crippen molar-refractivity contribution in [2.24, 2.45) is 0 Å². The molecule has 4 aromatic rings. The lowest BCUT2D eigenvalue weighted by Crippen LogP contribution is -2.31. The van der Waals surface area contributed by atoms with Crippen molar-refractivity contribution in [3.63, 3.8) is 0 Å². The number of benzene rings is 2. The van der Waals surface area contributed by atoms with Gasteiger partial charge in [0.15, 0.2) is 0 Å². The van der Waals surface area contributed by atoms with Crippen LogP contribution in [0.3, 0.4) is 0 Å². The van der Waals surface area contributed by atoms with E-state index in [9.17, 15) is 39.6 Å². The quantitative estimate of drug-likeness (QED) is 0.289. The Balaban J connectivity index is 1.70. The topological polar surface area (TPSA) is 118 Å². The highest BCUT2D eigenvalue weighted by atomic mass is 32.2. The number of nitrogens with zero attached hydrogens (tertiary/aromatic N) is 4. The van der Waals surface area contributed by atoms with Crippen LogP contribution in [0.4, 0.5) is 43.5 Å². The number of alkyl halides is 6. The number of para-hydroxylation sites is 1. The fourth-order valence-corrected chi connectivity index (χ4v) is 5.61. The molecule has 5 rings (SSSR count). The van der Waals surface area contributed by atoms with Gasteiger partial charge in [-0.1, -0.05) is 17.3 Å². The summed E-state index contributed by atoms with van der Waals surface area (Å²) in [6, 6.07) is 8.76. The molecule has 16 heteroatoms. The van der Waals surface area contributed by atoms with E-state index >= 15 is 0 Å². The monoisotopic (exact) mass is 597 g/mol. The number of carbonyl (C=O) groups is 1. The lowest BCUT2D eigenvalue weighted by atomic mass is 10.1. The van der Waals surface area contributed by atoms with Crippen LogP contribution in [0.15, 0.2) is 64.0 Å². The normalized spacial score (nSPS) is 13.7. The number of ketones is 1. The molecule has 0 radical (unpaired) electrons. The van der Waals surface area contributed by atoms with Crippen LogP contribution in [-0.2, 0) is 40.1 Å². The van der Waals surface area contributed by atoms with Gasteiger partial charge in [-0.25, -0.2) is 13.4 Å². The number of pyridine rings is 1. The van der Waals surface area contributed by atoms with Crippen molar-refractivity contribution in [1.82, 2.24) is 15.1 Å². The van der Waals surface area contributed by atoms with E-state index in [2.05, 4.69) is 20.4 Å². The maximum absolute atomic E-state index is 13.9. The highest BCUT2D eigenvalue weighted by Crippen LogP contribution is 2.44. The molecule has 0 saturated carbocycles. The molecule has 2 aromatic carbocycles. The van der Waals surface area contributed by atoms with Gasteiger partial charge in [-0.2, -0.15) is 31.3 Å². The number of halogens is 6. The highest BCUT2D eigenvalue weighted by molar-refractivity contribution is 7.92. The van der Waals surface area contributed by atoms with E-state index in [1.807, 2.05) is 0 Å². The Morgan fingerprint density at radius 3 is 2.32 bits per heavy atom. The Kier molecular flexibility index (Phi) is 6.75. The van der Waals surface area contributed by atoms with E-state index in [1.165, 1.54) is 25.1 Å². The summed E-state index contributed by atoms with van der Waals surface area (Å²) in [6.07, 6.45) is -9.72. The Bertz CT molecular complexity index is 1750. The first-order valence-electron chi connectivity index (χ1n) is 11.6. The van der Waals surface area contributed by atoms with E-state index in [0.717, 1.165) is 22.5 Å². The first-order chi connectivity index (χ1) is 19.1. The molecular formula is C25H17F6N5O4S. The second-order valence-electron chi connectivity index (χ2n) is 8.95. The van der Waals surface area contributed by atoms with E-state index in [4.69, 9.17) is 4.52 Å². The minimum Gasteiger partial charge on any atom is -0.338 e. The molecule has 2 aromatic heterocycles. The van der Waals surface area contributed by atoms with Crippen molar-refractivity contribution < 1.29 is 44.1 Å². The number of nitrogens with one attached hydrogen (secondary N) is 1. The van der Waals surface area contributed by atoms with Crippen LogP contribution < -0.4 is 9.62 Å². The van der Waals surface area contributed by atoms with E-state index < -0.39 is 45.1 Å². The average molecular weight is 597 g/mol. The zero-order valence-electron chi connectivity index (χ0n) is 20.7. The van der Waals surface area contributed by atoms with E-state index in [0.29, 0.717) is 18.2 Å². The number of Topliss-reactive ketones (excluding diaryl/α,β-unsaturated/α-hetero) is 1. The van der Waals surface area contributed by atoms with Crippen LogP contribution in [0.5, 0.6) is 0 Å². The van der Waals surface area contributed by atoms with Gasteiger partial charge in [0.1, 0.15) is 17.3 Å². The van der Waals surface area contributed by atoms with Gasteiger partial charge >= 0.3 is 12.4 Å². The number of anilines is 3. The first kappa shape index (κ1) is 28.1. The maximum atomic E-state index is 13.9. The Hall–Kier alpha value is -4.47. The van der Waals surface area contributed by atoms with Gasteiger partial charge in [-0.3, -0.25) is 9.10 Å². The molecule has 9 nitrogen and oxygen atoms in total. The number of hydrogen-bond donors (Lipinski definition) is 1. The van der Waals surface area contributed by atoms with E-state index in [1.54, 1.807) is 0 Å². The lowest BCUT2D eigenvalue weighted by molar-refractivity contribution is -0.141. The van der Waals surface area contributed by atoms with E-state index in [-0.39, 0.29) is 52.2 Å². The molecule has 0 aliphatic carbocycles. The summed E-state index contributed by atoms with van der Waals surface area (Å²) in [6.45, 7) is 0.735. The molecule has 3 heterocycles. The largest absolute Gasteiger partial charge is 0.433 e. The van der Waals surface area contributed by atoms with Crippen LogP contribution >= 0.6 is 0 Å². The molecule has 0 atom stereocenters. The Morgan fingerprint density at radius 1 is 0.976 bits per heavy atom. The van der Waals surface area contributed by atoms with Crippen LogP contribution in [0.2, 0.25) is 0 Å². The summed E-state index contributed by atoms with van der Waals surface area (Å²) in [5.74, 6) is -0.776. The minimum atomic E-state index is -4.79. The molecule has 0 saturated heterocycles. The van der Waals surface area contributed by atoms with Crippen molar-refractivity contribution in [2.75, 3.05) is 9.62 Å². The van der Waals surface area contributed by atoms with Gasteiger partial charge < -0.3 is 9.84 Å². The van der Waals surface area contributed by atoms with Crippen LogP contribution in [-0.4, -0.2) is 29.3 Å². The third-order valence-corrected chi connectivity index (χ3v) is 7.76. The first-order valence-corrected chi connectivity index (χ1v) is 13.1. The standard InChI is InChI=1S/C25H17F6N5O4S/c1-13(37)11-20-34-23(35-40-20)17-3-2-4-18-21(17)36(12-14-5-10-19(25(29,30)31)33-22(14)32-18)41(38,39)16-8-6-15(7-9-16)24(26,27)28/h2-10H,11-12H2,1H3,(H,32,33). The molecular weight excluding hydrogens is 580 g/mol. The van der Waals surface area contributed by atoms with Crippen molar-refractivity contribution >= 4 is 33.0 Å². The van der Waals surface area contributed by atoms with Gasteiger partial charge in [-0.05, 0) is 49.4 Å². The maximum Gasteiger partial charge on any atom is 0.433 e. The number of fused-ring (bicyclic) bond motifs is 2. The second kappa shape index (κ2) is 9.87. The summed E-state index contributed by atoms with van der Waals surface area (Å²) in [4.78, 5) is 18.8. The summed E-state index contributed by atoms with van der Waals surface area (Å²) in [5.41, 5.74) is -2.36. The smallest absolute Gasteiger partial charge is 0.338 e. The lowest BCUT2D eigenvalue weighted by Gasteiger charge is -2.26. The molecule has 1 aliphatic heterocycles. The molecule has 0 fully saturated rings. The SMILES string of the molecule is CC(=O)Cc1nc(-c2cccc3c2N(S(=O)(=O)c2ccc(C(F)(F)F)cc2)Cc2ccc(C(F)(F)F)nc2N3)no1. The number of carbonyl (C=O) groups excluding carboxylic acids is 1. The Morgan fingerprint density at radius 2 is 1.68 bits per heavy atom. The number of hydrogen-bond acceptors (Lipinski definition) is 8. The summed E-state index contributed by atoms with van der Waals surface area (Å²) in [7, 11) is -4.65. The minimum absolute atomic E-state index is 0.0125. The third kappa shape index (κ3) is 5.46. The zero-order chi connectivity index (χ0) is 29.7. The molecule has 41 heavy (non-hydrogen) atoms. The van der Waals surface area contributed by atoms with Gasteiger partial charge in [0, 0.05) is 11.1 Å². The van der Waals surface area contributed by atoms with Gasteiger partial charge in [0.2, 0.25) is 11.7 Å². The fourth-order valence-electron chi connectivity index (χ4n) is 4.13. The Labute approximate surface area is 227 Å². The second-order valence-corrected chi connectivity index (χ2v) is 10.8. The molecule has 0 amide bonds. The van der Waals surface area contributed by atoms with Gasteiger partial charge in [-0.15, -0.1) is 0 Å². The van der Waals surface area contributed by atoms with Crippen LogP contribution in [0.25, 0.3) is 11.4 Å². The van der Waals surface area contributed by atoms with Crippen LogP contribution in [0, 0.1) is 0 Å². The van der Waals surface area contributed by atoms with Gasteiger partial charge in [0.05, 0.1) is 34.8 Å². The molecule has 214 valence electrons. The van der Waals surface area contributed by atoms with Crippen molar-refractivity contribution in [3.05, 3.63) is 77.3 Å². The number of rotatable bonds is 5. The summed E-state index contributed by atoms with van der Waals surface area (Å²) < 4.78 is 113. The van der Waals surface area contributed by atoms with Crippen molar-refractivity contribution in [1.29, 1.82) is 0 Å². The highest BCUT2D eigenvalue weighted by Gasteiger charge is 2.37. The van der Waals surface area contributed by atoms with Crippen molar-refractivity contribution in [2.45, 2.75) is 37.1 Å². The fraction of sp³-hybridized carbons (Fsp3) is 0.200. The molecule has 1 N–H and O–H groups in total. The molecule has 0 spiro atoms. The van der Waals surface area contributed by atoms with Crippen LogP contribution in [0.1, 0.15) is 29.6 Å². The number of sulfonamides is 1. The number of aromatic nitrogens is 3. The van der Waals surface area contributed by atoms with Crippen molar-refractivity contribution in [3.8, 4) is 11.4 Å². The predicted molar refractivity (Wildman–Crippen MR) is 131 cm³/mol. The zero-order valence-corrected chi connectivity index (χ0v) is 21.5. The molecule has 1 aliphatic rings. The summed E-state index contributed by atoms with van der Waals surface area (Å²) >= 11 is 0. The predicted octanol–water partition coefficient (Wildman–Crippen LogP) is 5.75.